The molecule has 0 spiro atoms. The van der Waals surface area contributed by atoms with Crippen LogP contribution in [0.1, 0.15) is 0 Å². The van der Waals surface area contributed by atoms with Gasteiger partial charge in [0, 0.05) is 30.2 Å². The molecule has 0 saturated carbocycles. The van der Waals surface area contributed by atoms with Gasteiger partial charge in [-0.2, -0.15) is 0 Å². The van der Waals surface area contributed by atoms with Gasteiger partial charge in [0.25, 0.3) is 0 Å². The van der Waals surface area contributed by atoms with E-state index in [4.69, 9.17) is 4.74 Å². The number of benzene rings is 3. The van der Waals surface area contributed by atoms with Crippen LogP contribution >= 0.6 is 0 Å². The second kappa shape index (κ2) is 7.66. The molecule has 4 aromatic rings. The summed E-state index contributed by atoms with van der Waals surface area (Å²) in [6.07, 6.45) is 5.16. The lowest BCUT2D eigenvalue weighted by molar-refractivity contribution is 0.333. The number of nitrogens with one attached hydrogen (secondary N) is 1. The summed E-state index contributed by atoms with van der Waals surface area (Å²) in [5, 5.41) is 5.79. The Bertz CT molecular complexity index is 985. The number of hydrogen-bond donors (Lipinski definition) is 1. The van der Waals surface area contributed by atoms with Gasteiger partial charge >= 0.3 is 0 Å². The van der Waals surface area contributed by atoms with Gasteiger partial charge in [-0.1, -0.05) is 42.5 Å². The molecule has 128 valence electrons. The quantitative estimate of drug-likeness (QED) is 0.512. The highest BCUT2D eigenvalue weighted by Gasteiger charge is 1.99. The lowest BCUT2D eigenvalue weighted by Crippen LogP contribution is -2.11. The third kappa shape index (κ3) is 3.81. The van der Waals surface area contributed by atoms with Crippen molar-refractivity contribution in [2.75, 3.05) is 18.5 Å². The maximum Gasteiger partial charge on any atom is 0.120 e. The third-order valence-corrected chi connectivity index (χ3v) is 4.20. The topological polar surface area (TPSA) is 47.0 Å². The van der Waals surface area contributed by atoms with Crippen LogP contribution in [-0.2, 0) is 0 Å². The van der Waals surface area contributed by atoms with Crippen LogP contribution in [0.25, 0.3) is 21.9 Å². The summed E-state index contributed by atoms with van der Waals surface area (Å²) >= 11 is 0. The molecule has 0 bridgehead atoms. The Balaban J connectivity index is 1.30. The summed E-state index contributed by atoms with van der Waals surface area (Å²) in [7, 11) is 0. The highest BCUT2D eigenvalue weighted by molar-refractivity contribution is 5.83. The Hall–Kier alpha value is -3.40. The van der Waals surface area contributed by atoms with E-state index in [1.807, 2.05) is 30.6 Å². The Labute approximate surface area is 152 Å². The highest BCUT2D eigenvalue weighted by Crippen LogP contribution is 2.21. The van der Waals surface area contributed by atoms with E-state index in [1.165, 1.54) is 17.1 Å². The molecule has 4 heteroatoms. The van der Waals surface area contributed by atoms with E-state index >= 15 is 0 Å². The van der Waals surface area contributed by atoms with E-state index in [0.717, 1.165) is 29.1 Å². The summed E-state index contributed by atoms with van der Waals surface area (Å²) in [6, 6.07) is 22.7. The van der Waals surface area contributed by atoms with Crippen molar-refractivity contribution in [2.45, 2.75) is 0 Å². The molecule has 1 heterocycles. The Morgan fingerprint density at radius 3 is 2.35 bits per heavy atom. The van der Waals surface area contributed by atoms with Crippen molar-refractivity contribution in [3.63, 3.8) is 0 Å². The summed E-state index contributed by atoms with van der Waals surface area (Å²) in [5.74, 6) is 0.893. The first-order valence-electron chi connectivity index (χ1n) is 8.59. The fourth-order valence-electron chi connectivity index (χ4n) is 2.85. The van der Waals surface area contributed by atoms with Crippen molar-refractivity contribution in [1.29, 1.82) is 0 Å². The fourth-order valence-corrected chi connectivity index (χ4v) is 2.85. The molecule has 4 rings (SSSR count). The average molecular weight is 341 g/mol. The van der Waals surface area contributed by atoms with Crippen LogP contribution in [0.15, 0.2) is 85.5 Å². The van der Waals surface area contributed by atoms with Crippen molar-refractivity contribution >= 4 is 16.5 Å². The molecular formula is C22H19N3O. The van der Waals surface area contributed by atoms with Gasteiger partial charge in [-0.15, -0.1) is 0 Å². The Kier molecular flexibility index (Phi) is 4.74. The standard InChI is InChI=1S/C22H19N3O/c1-2-4-19-13-22(10-7-17(19)3-1)26-12-11-25-21-8-5-18(6-9-21)20-14-23-16-24-15-20/h1-10,13-16,25H,11-12H2. The first kappa shape index (κ1) is 16.1. The van der Waals surface area contributed by atoms with Gasteiger partial charge in [0.05, 0.1) is 0 Å². The highest BCUT2D eigenvalue weighted by atomic mass is 16.5. The molecule has 0 saturated heterocycles. The van der Waals surface area contributed by atoms with E-state index in [2.05, 4.69) is 63.8 Å². The second-order valence-corrected chi connectivity index (χ2v) is 5.99. The molecular weight excluding hydrogens is 322 g/mol. The molecule has 0 atom stereocenters. The van der Waals surface area contributed by atoms with Gasteiger partial charge in [0.1, 0.15) is 18.7 Å². The molecule has 1 N–H and O–H groups in total. The predicted molar refractivity (Wildman–Crippen MR) is 105 cm³/mol. The summed E-state index contributed by atoms with van der Waals surface area (Å²) in [5.41, 5.74) is 3.18. The minimum absolute atomic E-state index is 0.604. The zero-order valence-electron chi connectivity index (χ0n) is 14.3. The van der Waals surface area contributed by atoms with Crippen molar-refractivity contribution in [1.82, 2.24) is 9.97 Å². The Morgan fingerprint density at radius 2 is 1.54 bits per heavy atom. The number of rotatable bonds is 6. The smallest absolute Gasteiger partial charge is 0.120 e. The SMILES string of the molecule is c1ccc2cc(OCCNc3ccc(-c4cncnc4)cc3)ccc2c1. The largest absolute Gasteiger partial charge is 0.492 e. The minimum Gasteiger partial charge on any atom is -0.492 e. The van der Waals surface area contributed by atoms with E-state index in [9.17, 15) is 0 Å². The molecule has 1 aromatic heterocycles. The third-order valence-electron chi connectivity index (χ3n) is 4.20. The molecule has 0 aliphatic carbocycles. The van der Waals surface area contributed by atoms with Crippen molar-refractivity contribution < 1.29 is 4.74 Å². The second-order valence-electron chi connectivity index (χ2n) is 5.99. The van der Waals surface area contributed by atoms with E-state index < -0.39 is 0 Å². The van der Waals surface area contributed by atoms with Crippen LogP contribution in [-0.4, -0.2) is 23.1 Å². The van der Waals surface area contributed by atoms with Crippen LogP contribution < -0.4 is 10.1 Å². The summed E-state index contributed by atoms with van der Waals surface area (Å²) in [4.78, 5) is 8.10. The lowest BCUT2D eigenvalue weighted by Gasteiger charge is -2.10. The number of anilines is 1. The minimum atomic E-state index is 0.604. The van der Waals surface area contributed by atoms with Crippen molar-refractivity contribution in [3.8, 4) is 16.9 Å². The number of aromatic nitrogens is 2. The van der Waals surface area contributed by atoms with Gasteiger partial charge in [-0.05, 0) is 40.6 Å². The lowest BCUT2D eigenvalue weighted by atomic mass is 10.1. The molecule has 0 aliphatic heterocycles. The fraction of sp³-hybridized carbons (Fsp3) is 0.0909. The monoisotopic (exact) mass is 341 g/mol. The molecule has 0 aliphatic rings. The van der Waals surface area contributed by atoms with Gasteiger partial charge in [-0.3, -0.25) is 0 Å². The number of ether oxygens (including phenoxy) is 1. The number of fused-ring (bicyclic) bond motifs is 1. The molecule has 0 radical (unpaired) electrons. The van der Waals surface area contributed by atoms with Crippen LogP contribution in [0, 0.1) is 0 Å². The molecule has 0 unspecified atom stereocenters. The first-order chi connectivity index (χ1) is 12.9. The number of hydrogen-bond acceptors (Lipinski definition) is 4. The zero-order chi connectivity index (χ0) is 17.6. The van der Waals surface area contributed by atoms with E-state index in [0.29, 0.717) is 6.61 Å². The van der Waals surface area contributed by atoms with Gasteiger partial charge < -0.3 is 10.1 Å². The maximum absolute atomic E-state index is 5.85. The van der Waals surface area contributed by atoms with Crippen LogP contribution in [0.5, 0.6) is 5.75 Å². The van der Waals surface area contributed by atoms with E-state index in [-0.39, 0.29) is 0 Å². The predicted octanol–water partition coefficient (Wildman–Crippen LogP) is 4.79. The van der Waals surface area contributed by atoms with Gasteiger partial charge in [0.2, 0.25) is 0 Å². The molecule has 26 heavy (non-hydrogen) atoms. The Morgan fingerprint density at radius 1 is 0.769 bits per heavy atom. The molecule has 0 amide bonds. The van der Waals surface area contributed by atoms with Gasteiger partial charge in [0.15, 0.2) is 0 Å². The van der Waals surface area contributed by atoms with Crippen LogP contribution in [0.4, 0.5) is 5.69 Å². The van der Waals surface area contributed by atoms with Crippen molar-refractivity contribution in [3.05, 3.63) is 85.5 Å². The van der Waals surface area contributed by atoms with Crippen molar-refractivity contribution in [2.24, 2.45) is 0 Å². The molecule has 0 fully saturated rings. The van der Waals surface area contributed by atoms with Crippen LogP contribution in [0.2, 0.25) is 0 Å². The molecule has 4 nitrogen and oxygen atoms in total. The molecule has 3 aromatic carbocycles. The van der Waals surface area contributed by atoms with Crippen LogP contribution in [0.3, 0.4) is 0 Å². The van der Waals surface area contributed by atoms with E-state index in [1.54, 1.807) is 0 Å². The summed E-state index contributed by atoms with van der Waals surface area (Å²) < 4.78 is 5.85. The first-order valence-corrected chi connectivity index (χ1v) is 8.59. The average Bonchev–Trinajstić information content (AvgIpc) is 2.72. The van der Waals surface area contributed by atoms with Gasteiger partial charge in [-0.25, -0.2) is 9.97 Å². The number of nitrogens with zero attached hydrogens (tertiary/aromatic N) is 2. The maximum atomic E-state index is 5.85. The normalized spacial score (nSPS) is 10.6. The summed E-state index contributed by atoms with van der Waals surface area (Å²) in [6.45, 7) is 1.34. The zero-order valence-corrected chi connectivity index (χ0v) is 14.3.